The fraction of sp³-hybridized carbons (Fsp3) is 0.515. The molecule has 39 heavy (non-hydrogen) atoms. The predicted octanol–water partition coefficient (Wildman–Crippen LogP) is 6.06. The number of aliphatic hydroxyl groups is 1. The first-order valence-electron chi connectivity index (χ1n) is 14.3. The maximum absolute atomic E-state index is 13.0. The molecule has 3 aromatic rings. The van der Waals surface area contributed by atoms with E-state index in [1.807, 2.05) is 24.0 Å². The largest absolute Gasteiger partial charge is 0.489 e. The molecule has 2 aliphatic rings. The molecule has 2 aromatic carbocycles. The third-order valence-corrected chi connectivity index (χ3v) is 8.85. The van der Waals surface area contributed by atoms with Gasteiger partial charge in [0.25, 0.3) is 0 Å². The van der Waals surface area contributed by atoms with E-state index in [1.54, 1.807) is 6.07 Å². The van der Waals surface area contributed by atoms with Crippen LogP contribution in [0.1, 0.15) is 81.5 Å². The van der Waals surface area contributed by atoms with Crippen molar-refractivity contribution >= 4 is 16.9 Å². The number of benzene rings is 2. The highest BCUT2D eigenvalue weighted by molar-refractivity contribution is 5.83. The highest BCUT2D eigenvalue weighted by Gasteiger charge is 2.43. The fourth-order valence-electron chi connectivity index (χ4n) is 6.21. The van der Waals surface area contributed by atoms with Crippen molar-refractivity contribution in [2.75, 3.05) is 13.1 Å². The van der Waals surface area contributed by atoms with Crippen LogP contribution in [0.15, 0.2) is 51.7 Å². The molecule has 6 nitrogen and oxygen atoms in total. The minimum atomic E-state index is -0.607. The van der Waals surface area contributed by atoms with E-state index in [2.05, 4.69) is 45.0 Å². The normalized spacial score (nSPS) is 21.6. The number of nitrogens with zero attached hydrogens (tertiary/aromatic N) is 1. The molecule has 1 saturated carbocycles. The molecular weight excluding hydrogens is 490 g/mol. The van der Waals surface area contributed by atoms with Crippen LogP contribution in [0.5, 0.6) is 5.75 Å². The van der Waals surface area contributed by atoms with Gasteiger partial charge in [0.05, 0.1) is 5.60 Å². The Morgan fingerprint density at radius 1 is 1.13 bits per heavy atom. The van der Waals surface area contributed by atoms with Crippen LogP contribution < -0.4 is 10.4 Å². The number of piperidine rings is 1. The number of carbonyl (C=O) groups is 1. The van der Waals surface area contributed by atoms with Crippen LogP contribution in [0.3, 0.4) is 0 Å². The number of hydrogen-bond donors (Lipinski definition) is 1. The van der Waals surface area contributed by atoms with Gasteiger partial charge in [0.1, 0.15) is 17.9 Å². The molecule has 1 aromatic heterocycles. The molecule has 2 fully saturated rings. The maximum Gasteiger partial charge on any atom is 0.339 e. The molecule has 1 amide bonds. The summed E-state index contributed by atoms with van der Waals surface area (Å²) in [6.07, 6.45) is 5.25. The Balaban J connectivity index is 1.23. The first-order chi connectivity index (χ1) is 18.5. The molecular formula is C33H41NO5. The number of rotatable bonds is 6. The first kappa shape index (κ1) is 27.4. The van der Waals surface area contributed by atoms with Gasteiger partial charge >= 0.3 is 5.63 Å². The number of amides is 1. The molecule has 1 aliphatic heterocycles. The van der Waals surface area contributed by atoms with Gasteiger partial charge in [-0.1, -0.05) is 57.9 Å². The molecule has 208 valence electrons. The van der Waals surface area contributed by atoms with Gasteiger partial charge < -0.3 is 19.2 Å². The summed E-state index contributed by atoms with van der Waals surface area (Å²) in [5.41, 5.74) is 3.33. The molecule has 5 rings (SSSR count). The van der Waals surface area contributed by atoms with E-state index in [0.717, 1.165) is 42.2 Å². The van der Waals surface area contributed by atoms with E-state index in [4.69, 9.17) is 9.15 Å². The summed E-state index contributed by atoms with van der Waals surface area (Å²) in [5.74, 6) is 0.845. The number of aryl methyl sites for hydroxylation is 1. The quantitative estimate of drug-likeness (QED) is 0.391. The minimum Gasteiger partial charge on any atom is -0.489 e. The van der Waals surface area contributed by atoms with Gasteiger partial charge in [0, 0.05) is 42.4 Å². The van der Waals surface area contributed by atoms with Crippen LogP contribution >= 0.6 is 0 Å². The zero-order valence-corrected chi connectivity index (χ0v) is 23.7. The lowest BCUT2D eigenvalue weighted by atomic mass is 9.71. The molecule has 6 heteroatoms. The summed E-state index contributed by atoms with van der Waals surface area (Å²) in [6, 6.07) is 14.0. The number of ether oxygens (including phenoxy) is 1. The maximum atomic E-state index is 13.0. The average molecular weight is 532 g/mol. The lowest BCUT2D eigenvalue weighted by molar-refractivity contribution is -0.143. The molecule has 0 spiro atoms. The molecule has 1 saturated heterocycles. The third kappa shape index (κ3) is 5.91. The van der Waals surface area contributed by atoms with Crippen molar-refractivity contribution in [1.82, 2.24) is 4.90 Å². The zero-order valence-electron chi connectivity index (χ0n) is 23.7. The van der Waals surface area contributed by atoms with Crippen molar-refractivity contribution in [2.24, 2.45) is 5.92 Å². The SMILES string of the molecule is Cc1c(CCC(=O)N2CC[C@@]3(O)CCCC[C@@H]3C2)c(=O)oc2cc(OCc3ccc(C(C)(C)C)cc3)ccc12. The van der Waals surface area contributed by atoms with E-state index in [1.165, 1.54) is 5.56 Å². The molecule has 0 unspecified atom stereocenters. The van der Waals surface area contributed by atoms with Crippen LogP contribution in [-0.2, 0) is 23.2 Å². The van der Waals surface area contributed by atoms with Crippen molar-refractivity contribution in [2.45, 2.75) is 90.3 Å². The minimum absolute atomic E-state index is 0.0424. The summed E-state index contributed by atoms with van der Waals surface area (Å²) in [7, 11) is 0. The van der Waals surface area contributed by atoms with Crippen LogP contribution in [-0.4, -0.2) is 34.6 Å². The summed E-state index contributed by atoms with van der Waals surface area (Å²) in [6.45, 7) is 10.1. The molecule has 1 N–H and O–H groups in total. The summed E-state index contributed by atoms with van der Waals surface area (Å²) < 4.78 is 11.7. The van der Waals surface area contributed by atoms with Gasteiger partial charge in [0.2, 0.25) is 5.91 Å². The van der Waals surface area contributed by atoms with Crippen LogP contribution in [0, 0.1) is 12.8 Å². The standard InChI is InChI=1S/C33H41NO5/c1-22-27-13-12-26(38-21-23-8-10-24(11-9-23)32(2,3)4)19-29(27)39-31(36)28(22)14-15-30(35)34-18-17-33(37)16-6-5-7-25(33)20-34/h8-13,19,25,37H,5-7,14-18,20-21H2,1-4H3/t25-,33+/m1/s1. The zero-order chi connectivity index (χ0) is 27.8. The number of fused-ring (bicyclic) bond motifs is 2. The van der Waals surface area contributed by atoms with Gasteiger partial charge in [-0.15, -0.1) is 0 Å². The van der Waals surface area contributed by atoms with Gasteiger partial charge in [0.15, 0.2) is 0 Å². The molecule has 2 atom stereocenters. The lowest BCUT2D eigenvalue weighted by Crippen LogP contribution is -2.54. The van der Waals surface area contributed by atoms with Crippen molar-refractivity contribution in [1.29, 1.82) is 0 Å². The highest BCUT2D eigenvalue weighted by atomic mass is 16.5. The summed E-state index contributed by atoms with van der Waals surface area (Å²) in [4.78, 5) is 27.8. The van der Waals surface area contributed by atoms with Gasteiger partial charge in [-0.3, -0.25) is 4.79 Å². The second kappa shape index (κ2) is 10.8. The van der Waals surface area contributed by atoms with Crippen LogP contribution in [0.25, 0.3) is 11.0 Å². The molecule has 0 radical (unpaired) electrons. The van der Waals surface area contributed by atoms with Crippen LogP contribution in [0.2, 0.25) is 0 Å². The number of likely N-dealkylation sites (tertiary alicyclic amines) is 1. The Kier molecular flexibility index (Phi) is 7.60. The van der Waals surface area contributed by atoms with Crippen LogP contribution in [0.4, 0.5) is 0 Å². The Hall–Kier alpha value is -3.12. The van der Waals surface area contributed by atoms with E-state index in [-0.39, 0.29) is 23.7 Å². The number of hydrogen-bond acceptors (Lipinski definition) is 5. The van der Waals surface area contributed by atoms with Crippen molar-refractivity contribution in [3.63, 3.8) is 0 Å². The highest BCUT2D eigenvalue weighted by Crippen LogP contribution is 2.40. The topological polar surface area (TPSA) is 80.0 Å². The average Bonchev–Trinajstić information content (AvgIpc) is 2.90. The second-order valence-electron chi connectivity index (χ2n) is 12.5. The molecule has 1 aliphatic carbocycles. The smallest absolute Gasteiger partial charge is 0.339 e. The monoisotopic (exact) mass is 531 g/mol. The lowest BCUT2D eigenvalue weighted by Gasteiger charge is -2.47. The van der Waals surface area contributed by atoms with E-state index < -0.39 is 11.2 Å². The summed E-state index contributed by atoms with van der Waals surface area (Å²) in [5, 5.41) is 11.8. The van der Waals surface area contributed by atoms with Crippen molar-refractivity contribution in [3.05, 3.63) is 75.1 Å². The number of carbonyl (C=O) groups excluding carboxylic acids is 1. The second-order valence-corrected chi connectivity index (χ2v) is 12.5. The van der Waals surface area contributed by atoms with E-state index in [9.17, 15) is 14.7 Å². The predicted molar refractivity (Wildman–Crippen MR) is 153 cm³/mol. The van der Waals surface area contributed by atoms with Gasteiger partial charge in [-0.05, 0) is 66.8 Å². The van der Waals surface area contributed by atoms with E-state index >= 15 is 0 Å². The van der Waals surface area contributed by atoms with Gasteiger partial charge in [-0.25, -0.2) is 4.79 Å². The fourth-order valence-corrected chi connectivity index (χ4v) is 6.21. The Bertz CT molecular complexity index is 1400. The Morgan fingerprint density at radius 2 is 1.90 bits per heavy atom. The van der Waals surface area contributed by atoms with E-state index in [0.29, 0.717) is 49.4 Å². The first-order valence-corrected chi connectivity index (χ1v) is 14.3. The molecule has 2 heterocycles. The third-order valence-electron chi connectivity index (χ3n) is 8.85. The summed E-state index contributed by atoms with van der Waals surface area (Å²) >= 11 is 0. The van der Waals surface area contributed by atoms with Crippen molar-refractivity contribution in [3.8, 4) is 5.75 Å². The van der Waals surface area contributed by atoms with Crippen molar-refractivity contribution < 1.29 is 19.1 Å². The molecule has 0 bridgehead atoms. The van der Waals surface area contributed by atoms with Gasteiger partial charge in [-0.2, -0.15) is 0 Å². The Labute approximate surface area is 231 Å². The Morgan fingerprint density at radius 3 is 2.64 bits per heavy atom.